The molecule has 1 aromatic carbocycles. The Hall–Kier alpha value is -0.740. The third-order valence-corrected chi connectivity index (χ3v) is 3.19. The zero-order chi connectivity index (χ0) is 11.8. The Morgan fingerprint density at radius 1 is 1.19 bits per heavy atom. The molecule has 0 aromatic heterocycles. The second-order valence-electron chi connectivity index (χ2n) is 4.55. The van der Waals surface area contributed by atoms with Gasteiger partial charge in [0.25, 0.3) is 0 Å². The number of hydrogen-bond acceptors (Lipinski definition) is 3. The van der Waals surface area contributed by atoms with Gasteiger partial charge < -0.3 is 15.2 Å². The van der Waals surface area contributed by atoms with Crippen LogP contribution < -0.4 is 15.2 Å². The molecule has 2 N–H and O–H groups in total. The van der Waals surface area contributed by atoms with Gasteiger partial charge >= 0.3 is 0 Å². The minimum atomic E-state index is -0.399. The highest BCUT2D eigenvalue weighted by Gasteiger charge is 2.21. The van der Waals surface area contributed by atoms with E-state index in [1.165, 1.54) is 0 Å². The quantitative estimate of drug-likeness (QED) is 0.863. The molecule has 0 saturated carbocycles. The summed E-state index contributed by atoms with van der Waals surface area (Å²) in [6, 6.07) is 3.90. The molecule has 1 aliphatic rings. The lowest BCUT2D eigenvalue weighted by Crippen LogP contribution is -2.29. The fraction of sp³-hybridized carbons (Fsp3) is 0.500. The number of halogens is 1. The number of benzene rings is 1. The van der Waals surface area contributed by atoms with Crippen molar-refractivity contribution in [2.75, 3.05) is 13.2 Å². The van der Waals surface area contributed by atoms with Gasteiger partial charge in [0.15, 0.2) is 11.5 Å². The largest absolute Gasteiger partial charge is 0.490 e. The van der Waals surface area contributed by atoms with Crippen molar-refractivity contribution in [2.45, 2.75) is 25.8 Å². The van der Waals surface area contributed by atoms with Gasteiger partial charge in [0.1, 0.15) is 0 Å². The van der Waals surface area contributed by atoms with Gasteiger partial charge in [-0.05, 0) is 31.5 Å². The van der Waals surface area contributed by atoms with E-state index in [1.54, 1.807) is 0 Å². The van der Waals surface area contributed by atoms with E-state index >= 15 is 0 Å². The van der Waals surface area contributed by atoms with Crippen LogP contribution in [0.2, 0.25) is 0 Å². The van der Waals surface area contributed by atoms with E-state index in [-0.39, 0.29) is 0 Å². The van der Waals surface area contributed by atoms with Crippen molar-refractivity contribution in [1.82, 2.24) is 0 Å². The summed E-state index contributed by atoms with van der Waals surface area (Å²) in [6.45, 7) is 5.33. The van der Waals surface area contributed by atoms with Crippen LogP contribution in [0.5, 0.6) is 11.5 Å². The Bertz CT molecular complexity index is 399. The van der Waals surface area contributed by atoms with Crippen molar-refractivity contribution in [3.05, 3.63) is 22.2 Å². The lowest BCUT2D eigenvalue weighted by Gasteiger charge is -2.22. The number of fused-ring (bicyclic) bond motifs is 1. The molecule has 0 radical (unpaired) electrons. The van der Waals surface area contributed by atoms with E-state index < -0.39 is 5.54 Å². The van der Waals surface area contributed by atoms with Gasteiger partial charge in [-0.1, -0.05) is 15.9 Å². The molecule has 0 unspecified atom stereocenters. The first-order valence-corrected chi connectivity index (χ1v) is 6.16. The fourth-order valence-electron chi connectivity index (χ4n) is 1.68. The van der Waals surface area contributed by atoms with Gasteiger partial charge in [-0.3, -0.25) is 0 Å². The van der Waals surface area contributed by atoms with Crippen LogP contribution in [0, 0.1) is 0 Å². The van der Waals surface area contributed by atoms with Crippen LogP contribution >= 0.6 is 15.9 Å². The molecule has 1 heterocycles. The standard InChI is InChI=1S/C12H16BrNO2/c1-12(2,14)8-6-10-11(7-9(8)13)16-5-3-4-15-10/h6-7H,3-5,14H2,1-2H3. The maximum atomic E-state index is 6.10. The molecule has 16 heavy (non-hydrogen) atoms. The topological polar surface area (TPSA) is 44.5 Å². The minimum Gasteiger partial charge on any atom is -0.490 e. The summed E-state index contributed by atoms with van der Waals surface area (Å²) >= 11 is 3.52. The third-order valence-electron chi connectivity index (χ3n) is 2.53. The molecule has 0 fully saturated rings. The zero-order valence-electron chi connectivity index (χ0n) is 9.55. The smallest absolute Gasteiger partial charge is 0.162 e. The van der Waals surface area contributed by atoms with Crippen LogP contribution in [-0.2, 0) is 5.54 Å². The summed E-state index contributed by atoms with van der Waals surface area (Å²) < 4.78 is 12.2. The molecule has 0 spiro atoms. The van der Waals surface area contributed by atoms with Gasteiger partial charge in [-0.25, -0.2) is 0 Å². The molecule has 0 aliphatic carbocycles. The maximum Gasteiger partial charge on any atom is 0.162 e. The summed E-state index contributed by atoms with van der Waals surface area (Å²) in [6.07, 6.45) is 0.910. The average Bonchev–Trinajstić information content (AvgIpc) is 2.39. The Morgan fingerprint density at radius 2 is 1.75 bits per heavy atom. The molecular weight excluding hydrogens is 270 g/mol. The molecule has 1 aromatic rings. The third kappa shape index (κ3) is 2.33. The summed E-state index contributed by atoms with van der Waals surface area (Å²) in [5.74, 6) is 1.58. The SMILES string of the molecule is CC(C)(N)c1cc2c(cc1Br)OCCCO2. The Morgan fingerprint density at radius 3 is 2.31 bits per heavy atom. The van der Waals surface area contributed by atoms with Crippen molar-refractivity contribution in [3.8, 4) is 11.5 Å². The van der Waals surface area contributed by atoms with E-state index in [1.807, 2.05) is 26.0 Å². The van der Waals surface area contributed by atoms with Crippen molar-refractivity contribution in [2.24, 2.45) is 5.73 Å². The van der Waals surface area contributed by atoms with Gasteiger partial charge in [0.2, 0.25) is 0 Å². The van der Waals surface area contributed by atoms with Crippen LogP contribution in [-0.4, -0.2) is 13.2 Å². The van der Waals surface area contributed by atoms with Crippen molar-refractivity contribution < 1.29 is 9.47 Å². The van der Waals surface area contributed by atoms with Gasteiger partial charge in [-0.15, -0.1) is 0 Å². The fourth-order valence-corrected chi connectivity index (χ4v) is 2.51. The molecule has 3 nitrogen and oxygen atoms in total. The van der Waals surface area contributed by atoms with E-state index in [4.69, 9.17) is 15.2 Å². The molecule has 1 aliphatic heterocycles. The first-order valence-electron chi connectivity index (χ1n) is 5.37. The first kappa shape index (κ1) is 11.7. The van der Waals surface area contributed by atoms with E-state index in [0.717, 1.165) is 28.0 Å². The molecule has 88 valence electrons. The predicted molar refractivity (Wildman–Crippen MR) is 67.0 cm³/mol. The minimum absolute atomic E-state index is 0.399. The number of rotatable bonds is 1. The summed E-state index contributed by atoms with van der Waals surface area (Å²) in [4.78, 5) is 0. The Labute approximate surface area is 104 Å². The van der Waals surface area contributed by atoms with E-state index in [9.17, 15) is 0 Å². The van der Waals surface area contributed by atoms with Crippen LogP contribution in [0.15, 0.2) is 16.6 Å². The molecule has 0 bridgehead atoms. The molecule has 4 heteroatoms. The number of hydrogen-bond donors (Lipinski definition) is 1. The predicted octanol–water partition coefficient (Wildman–Crippen LogP) is 2.80. The highest BCUT2D eigenvalue weighted by atomic mass is 79.9. The van der Waals surface area contributed by atoms with Crippen LogP contribution in [0.3, 0.4) is 0 Å². The van der Waals surface area contributed by atoms with Gasteiger partial charge in [-0.2, -0.15) is 0 Å². The zero-order valence-corrected chi connectivity index (χ0v) is 11.1. The van der Waals surface area contributed by atoms with Crippen LogP contribution in [0.4, 0.5) is 0 Å². The highest BCUT2D eigenvalue weighted by molar-refractivity contribution is 9.10. The Kier molecular flexibility index (Phi) is 3.13. The lowest BCUT2D eigenvalue weighted by atomic mass is 9.95. The molecule has 2 rings (SSSR count). The first-order chi connectivity index (χ1) is 7.48. The van der Waals surface area contributed by atoms with Crippen molar-refractivity contribution in [3.63, 3.8) is 0 Å². The van der Waals surface area contributed by atoms with Gasteiger partial charge in [0, 0.05) is 16.4 Å². The Balaban J connectivity index is 2.47. The summed E-state index contributed by atoms with van der Waals surface area (Å²) in [5, 5.41) is 0. The van der Waals surface area contributed by atoms with Crippen LogP contribution in [0.25, 0.3) is 0 Å². The molecule has 0 atom stereocenters. The summed E-state index contributed by atoms with van der Waals surface area (Å²) in [7, 11) is 0. The lowest BCUT2D eigenvalue weighted by molar-refractivity contribution is 0.296. The molecule has 0 amide bonds. The second kappa shape index (κ2) is 4.26. The normalized spacial score (nSPS) is 15.8. The number of ether oxygens (including phenoxy) is 2. The number of nitrogens with two attached hydrogens (primary N) is 1. The monoisotopic (exact) mass is 285 g/mol. The average molecular weight is 286 g/mol. The summed E-state index contributed by atoms with van der Waals surface area (Å²) in [5.41, 5.74) is 6.73. The van der Waals surface area contributed by atoms with E-state index in [0.29, 0.717) is 13.2 Å². The highest BCUT2D eigenvalue weighted by Crippen LogP contribution is 2.38. The molecular formula is C12H16BrNO2. The second-order valence-corrected chi connectivity index (χ2v) is 5.41. The van der Waals surface area contributed by atoms with Crippen LogP contribution in [0.1, 0.15) is 25.8 Å². The van der Waals surface area contributed by atoms with Gasteiger partial charge in [0.05, 0.1) is 13.2 Å². The van der Waals surface area contributed by atoms with Crippen molar-refractivity contribution in [1.29, 1.82) is 0 Å². The molecule has 0 saturated heterocycles. The van der Waals surface area contributed by atoms with E-state index in [2.05, 4.69) is 15.9 Å². The maximum absolute atomic E-state index is 6.10. The van der Waals surface area contributed by atoms with Crippen molar-refractivity contribution >= 4 is 15.9 Å².